The number of nitrogens with two attached hydrogens (primary N) is 1. The fourth-order valence-electron chi connectivity index (χ4n) is 3.33. The molecule has 0 amide bonds. The molecule has 108 valence electrons. The van der Waals surface area contributed by atoms with Crippen molar-refractivity contribution >= 4 is 11.3 Å². The summed E-state index contributed by atoms with van der Waals surface area (Å²) in [5.74, 6) is 0. The minimum absolute atomic E-state index is 0.131. The van der Waals surface area contributed by atoms with Crippen molar-refractivity contribution in [1.82, 2.24) is 9.80 Å². The zero-order chi connectivity index (χ0) is 14.0. The first kappa shape index (κ1) is 15.0. The second-order valence-corrected chi connectivity index (χ2v) is 7.23. The van der Waals surface area contributed by atoms with Crippen LogP contribution in [0.25, 0.3) is 0 Å². The van der Waals surface area contributed by atoms with E-state index < -0.39 is 0 Å². The maximum atomic E-state index is 6.20. The molecule has 19 heavy (non-hydrogen) atoms. The lowest BCUT2D eigenvalue weighted by Crippen LogP contribution is -2.57. The lowest BCUT2D eigenvalue weighted by Gasteiger charge is -2.43. The summed E-state index contributed by atoms with van der Waals surface area (Å²) in [5.41, 5.74) is 6.33. The van der Waals surface area contributed by atoms with Gasteiger partial charge in [0.1, 0.15) is 0 Å². The van der Waals surface area contributed by atoms with E-state index in [0.29, 0.717) is 12.1 Å². The molecule has 2 heterocycles. The van der Waals surface area contributed by atoms with Crippen molar-refractivity contribution in [2.24, 2.45) is 5.73 Å². The standard InChI is InChI=1S/C15H27N3S/c1-12(2)18(9-14-6-5-7-19-14)15(10-16)8-13(3)17(4)11-15/h5-7,12-13H,8-11,16H2,1-4H3. The van der Waals surface area contributed by atoms with E-state index in [1.54, 1.807) is 0 Å². The molecule has 0 saturated carbocycles. The van der Waals surface area contributed by atoms with Gasteiger partial charge in [-0.25, -0.2) is 0 Å². The van der Waals surface area contributed by atoms with Gasteiger partial charge in [-0.15, -0.1) is 11.3 Å². The van der Waals surface area contributed by atoms with Crippen LogP contribution >= 0.6 is 11.3 Å². The van der Waals surface area contributed by atoms with Crippen LogP contribution in [0.2, 0.25) is 0 Å². The Morgan fingerprint density at radius 2 is 2.32 bits per heavy atom. The Labute approximate surface area is 121 Å². The lowest BCUT2D eigenvalue weighted by atomic mass is 9.92. The second-order valence-electron chi connectivity index (χ2n) is 6.20. The van der Waals surface area contributed by atoms with Crippen LogP contribution in [0.4, 0.5) is 0 Å². The van der Waals surface area contributed by atoms with Crippen molar-refractivity contribution in [3.8, 4) is 0 Å². The molecule has 0 aromatic carbocycles. The monoisotopic (exact) mass is 281 g/mol. The summed E-state index contributed by atoms with van der Waals surface area (Å²) >= 11 is 1.84. The van der Waals surface area contributed by atoms with Gasteiger partial charge < -0.3 is 10.6 Å². The molecule has 1 aromatic rings. The Morgan fingerprint density at radius 3 is 2.74 bits per heavy atom. The molecule has 4 heteroatoms. The first-order valence-corrected chi connectivity index (χ1v) is 8.06. The SMILES string of the molecule is CC1CC(CN)(N(Cc2cccs2)C(C)C)CN1C. The zero-order valence-electron chi connectivity index (χ0n) is 12.6. The topological polar surface area (TPSA) is 32.5 Å². The predicted octanol–water partition coefficient (Wildman–Crippen LogP) is 2.38. The minimum atomic E-state index is 0.131. The van der Waals surface area contributed by atoms with Crippen LogP contribution in [0.5, 0.6) is 0 Å². The molecule has 1 saturated heterocycles. The van der Waals surface area contributed by atoms with Crippen LogP contribution in [0, 0.1) is 0 Å². The summed E-state index contributed by atoms with van der Waals surface area (Å²) in [7, 11) is 2.21. The van der Waals surface area contributed by atoms with Gasteiger partial charge in [-0.05, 0) is 45.7 Å². The molecule has 0 spiro atoms. The summed E-state index contributed by atoms with van der Waals surface area (Å²) in [6, 6.07) is 5.50. The summed E-state index contributed by atoms with van der Waals surface area (Å²) < 4.78 is 0. The average Bonchev–Trinajstić information content (AvgIpc) is 2.96. The number of hydrogen-bond acceptors (Lipinski definition) is 4. The normalized spacial score (nSPS) is 28.7. The molecule has 0 radical (unpaired) electrons. The van der Waals surface area contributed by atoms with Crippen molar-refractivity contribution in [3.05, 3.63) is 22.4 Å². The van der Waals surface area contributed by atoms with Crippen LogP contribution in [0.1, 0.15) is 32.1 Å². The quantitative estimate of drug-likeness (QED) is 0.899. The molecule has 2 unspecified atom stereocenters. The molecule has 2 atom stereocenters. The van der Waals surface area contributed by atoms with Crippen molar-refractivity contribution < 1.29 is 0 Å². The highest BCUT2D eigenvalue weighted by Gasteiger charge is 2.44. The van der Waals surface area contributed by atoms with Crippen LogP contribution < -0.4 is 5.73 Å². The van der Waals surface area contributed by atoms with Crippen molar-refractivity contribution in [1.29, 1.82) is 0 Å². The molecule has 1 aromatic heterocycles. The fraction of sp³-hybridized carbons (Fsp3) is 0.733. The number of nitrogens with zero attached hydrogens (tertiary/aromatic N) is 2. The molecule has 3 nitrogen and oxygen atoms in total. The first-order chi connectivity index (χ1) is 8.98. The molecule has 0 aliphatic carbocycles. The van der Waals surface area contributed by atoms with Gasteiger partial charge in [0.25, 0.3) is 0 Å². The number of likely N-dealkylation sites (tertiary alicyclic amines) is 1. The molecule has 1 aliphatic rings. The van der Waals surface area contributed by atoms with Crippen molar-refractivity contribution in [2.45, 2.75) is 51.4 Å². The Bertz CT molecular complexity index is 378. The van der Waals surface area contributed by atoms with E-state index in [2.05, 4.69) is 55.1 Å². The van der Waals surface area contributed by atoms with Crippen LogP contribution in [0.3, 0.4) is 0 Å². The molecular weight excluding hydrogens is 254 g/mol. The van der Waals surface area contributed by atoms with E-state index in [9.17, 15) is 0 Å². The van der Waals surface area contributed by atoms with E-state index in [1.165, 1.54) is 11.3 Å². The van der Waals surface area contributed by atoms with E-state index >= 15 is 0 Å². The number of rotatable bonds is 5. The van der Waals surface area contributed by atoms with Gasteiger partial charge in [-0.2, -0.15) is 0 Å². The van der Waals surface area contributed by atoms with E-state index in [0.717, 1.165) is 19.6 Å². The second kappa shape index (κ2) is 5.92. The molecule has 2 N–H and O–H groups in total. The highest BCUT2D eigenvalue weighted by Crippen LogP contribution is 2.34. The van der Waals surface area contributed by atoms with E-state index in [-0.39, 0.29) is 5.54 Å². The summed E-state index contributed by atoms with van der Waals surface area (Å²) in [6.45, 7) is 9.72. The Hall–Kier alpha value is -0.420. The average molecular weight is 281 g/mol. The van der Waals surface area contributed by atoms with Gasteiger partial charge >= 0.3 is 0 Å². The largest absolute Gasteiger partial charge is 0.329 e. The van der Waals surface area contributed by atoms with Crippen molar-refractivity contribution in [3.63, 3.8) is 0 Å². The van der Waals surface area contributed by atoms with Gasteiger partial charge in [0.05, 0.1) is 0 Å². The van der Waals surface area contributed by atoms with Gasteiger partial charge in [0.15, 0.2) is 0 Å². The molecular formula is C15H27N3S. The van der Waals surface area contributed by atoms with Crippen molar-refractivity contribution in [2.75, 3.05) is 20.1 Å². The minimum Gasteiger partial charge on any atom is -0.329 e. The highest BCUT2D eigenvalue weighted by molar-refractivity contribution is 7.09. The third-order valence-electron chi connectivity index (χ3n) is 4.49. The number of thiophene rings is 1. The molecule has 0 bridgehead atoms. The Balaban J connectivity index is 2.21. The zero-order valence-corrected chi connectivity index (χ0v) is 13.4. The maximum absolute atomic E-state index is 6.20. The maximum Gasteiger partial charge on any atom is 0.0479 e. The lowest BCUT2D eigenvalue weighted by molar-refractivity contribution is 0.0615. The smallest absolute Gasteiger partial charge is 0.0479 e. The predicted molar refractivity (Wildman–Crippen MR) is 83.5 cm³/mol. The summed E-state index contributed by atoms with van der Waals surface area (Å²) in [4.78, 5) is 6.49. The van der Waals surface area contributed by atoms with Crippen LogP contribution in [0.15, 0.2) is 17.5 Å². The summed E-state index contributed by atoms with van der Waals surface area (Å²) in [5, 5.41) is 2.16. The van der Waals surface area contributed by atoms with E-state index in [4.69, 9.17) is 5.73 Å². The molecule has 2 rings (SSSR count). The molecule has 1 fully saturated rings. The Kier molecular flexibility index (Phi) is 4.66. The first-order valence-electron chi connectivity index (χ1n) is 7.18. The fourth-order valence-corrected chi connectivity index (χ4v) is 4.03. The summed E-state index contributed by atoms with van der Waals surface area (Å²) in [6.07, 6.45) is 1.17. The number of hydrogen-bond donors (Lipinski definition) is 1. The Morgan fingerprint density at radius 1 is 1.58 bits per heavy atom. The van der Waals surface area contributed by atoms with Gasteiger partial charge in [0.2, 0.25) is 0 Å². The molecule has 1 aliphatic heterocycles. The van der Waals surface area contributed by atoms with Gasteiger partial charge in [-0.3, -0.25) is 4.90 Å². The third kappa shape index (κ3) is 3.02. The number of likely N-dealkylation sites (N-methyl/N-ethyl adjacent to an activating group) is 1. The van der Waals surface area contributed by atoms with E-state index in [1.807, 2.05) is 11.3 Å². The third-order valence-corrected chi connectivity index (χ3v) is 5.35. The van der Waals surface area contributed by atoms with Crippen LogP contribution in [-0.4, -0.2) is 47.6 Å². The van der Waals surface area contributed by atoms with Gasteiger partial charge in [-0.1, -0.05) is 6.07 Å². The van der Waals surface area contributed by atoms with Crippen LogP contribution in [-0.2, 0) is 6.54 Å². The van der Waals surface area contributed by atoms with Gasteiger partial charge in [0, 0.05) is 42.1 Å². The highest BCUT2D eigenvalue weighted by atomic mass is 32.1.